The van der Waals surface area contributed by atoms with Crippen molar-refractivity contribution >= 4 is 21.8 Å². The van der Waals surface area contributed by atoms with Gasteiger partial charge < -0.3 is 0 Å². The minimum atomic E-state index is -3.55. The van der Waals surface area contributed by atoms with Crippen molar-refractivity contribution in [1.82, 2.24) is 14.6 Å². The third kappa shape index (κ3) is 4.29. The monoisotopic (exact) mass is 427 g/mol. The highest BCUT2D eigenvalue weighted by Crippen LogP contribution is 2.22. The maximum Gasteiger partial charge on any atom is 0.280 e. The zero-order chi connectivity index (χ0) is 21.1. The molecule has 8 heteroatoms. The van der Waals surface area contributed by atoms with E-state index in [0.29, 0.717) is 12.0 Å². The van der Waals surface area contributed by atoms with Crippen molar-refractivity contribution in [3.05, 3.63) is 59.4 Å². The second-order valence-electron chi connectivity index (χ2n) is 7.87. The van der Waals surface area contributed by atoms with E-state index in [1.807, 2.05) is 0 Å². The fourth-order valence-electron chi connectivity index (χ4n) is 4.08. The first kappa shape index (κ1) is 20.7. The van der Waals surface area contributed by atoms with Gasteiger partial charge in [-0.15, -0.1) is 0 Å². The average Bonchev–Trinajstić information content (AvgIpc) is 2.90. The second-order valence-corrected chi connectivity index (χ2v) is 9.58. The summed E-state index contributed by atoms with van der Waals surface area (Å²) >= 11 is 0. The number of nitrogens with zero attached hydrogens (tertiary/aromatic N) is 2. The number of benzene rings is 1. The van der Waals surface area contributed by atoms with Crippen LogP contribution in [-0.4, -0.2) is 42.7 Å². The maximum absolute atomic E-state index is 12.7. The lowest BCUT2D eigenvalue weighted by atomic mass is 10.1. The molecule has 0 atom stereocenters. The Bertz CT molecular complexity index is 1010. The van der Waals surface area contributed by atoms with Gasteiger partial charge in [0.05, 0.1) is 10.5 Å². The van der Waals surface area contributed by atoms with Crippen molar-refractivity contribution in [2.75, 3.05) is 6.54 Å². The first-order chi connectivity index (χ1) is 14.5. The van der Waals surface area contributed by atoms with Crippen LogP contribution in [0.3, 0.4) is 0 Å². The molecular formula is C22H25N3O4S. The molecule has 0 spiro atoms. The zero-order valence-electron chi connectivity index (χ0n) is 16.7. The molecule has 7 nitrogen and oxygen atoms in total. The highest BCUT2D eigenvalue weighted by molar-refractivity contribution is 7.89. The van der Waals surface area contributed by atoms with Crippen LogP contribution in [0.15, 0.2) is 47.5 Å². The smallest absolute Gasteiger partial charge is 0.273 e. The molecule has 1 aliphatic carbocycles. The van der Waals surface area contributed by atoms with Gasteiger partial charge in [0, 0.05) is 18.8 Å². The van der Waals surface area contributed by atoms with Crippen LogP contribution < -0.4 is 4.72 Å². The van der Waals surface area contributed by atoms with Crippen LogP contribution in [0.25, 0.3) is 0 Å². The van der Waals surface area contributed by atoms with Crippen molar-refractivity contribution in [3.8, 4) is 0 Å². The van der Waals surface area contributed by atoms with Crippen LogP contribution in [0.2, 0.25) is 0 Å². The number of nitrogens with one attached hydrogen (secondary N) is 1. The van der Waals surface area contributed by atoms with Crippen LogP contribution in [0.5, 0.6) is 0 Å². The molecular weight excluding hydrogens is 402 g/mol. The molecule has 0 bridgehead atoms. The second kappa shape index (κ2) is 8.65. The summed E-state index contributed by atoms with van der Waals surface area (Å²) in [5.41, 5.74) is 1.37. The minimum Gasteiger partial charge on any atom is -0.273 e. The van der Waals surface area contributed by atoms with Gasteiger partial charge in [-0.05, 0) is 49.1 Å². The molecule has 1 aromatic heterocycles. The third-order valence-electron chi connectivity index (χ3n) is 5.77. The van der Waals surface area contributed by atoms with Crippen molar-refractivity contribution in [1.29, 1.82) is 0 Å². The molecule has 2 aliphatic rings. The van der Waals surface area contributed by atoms with Crippen LogP contribution >= 0.6 is 0 Å². The molecule has 2 aromatic rings. The normalized spacial score (nSPS) is 17.8. The third-order valence-corrected chi connectivity index (χ3v) is 7.30. The molecule has 2 amide bonds. The van der Waals surface area contributed by atoms with Crippen molar-refractivity contribution in [2.45, 2.75) is 55.9 Å². The summed E-state index contributed by atoms with van der Waals surface area (Å²) in [6.45, 7) is 0.223. The predicted molar refractivity (Wildman–Crippen MR) is 112 cm³/mol. The first-order valence-electron chi connectivity index (χ1n) is 10.4. The average molecular weight is 428 g/mol. The molecule has 158 valence electrons. The van der Waals surface area contributed by atoms with Gasteiger partial charge in [0.1, 0.15) is 5.69 Å². The van der Waals surface area contributed by atoms with Crippen molar-refractivity contribution in [3.63, 3.8) is 0 Å². The molecule has 4 rings (SSSR count). The number of fused-ring (bicyclic) bond motifs is 1. The van der Waals surface area contributed by atoms with E-state index >= 15 is 0 Å². The summed E-state index contributed by atoms with van der Waals surface area (Å²) in [4.78, 5) is 30.2. The van der Waals surface area contributed by atoms with Gasteiger partial charge in [0.25, 0.3) is 11.8 Å². The number of carbonyl (C=O) groups excluding carboxylic acids is 2. The summed E-state index contributed by atoms with van der Waals surface area (Å²) in [6, 6.07) is 9.87. The summed E-state index contributed by atoms with van der Waals surface area (Å²) in [7, 11) is -3.55. The number of carbonyl (C=O) groups is 2. The molecule has 0 unspecified atom stereocenters. The summed E-state index contributed by atoms with van der Waals surface area (Å²) in [6.07, 6.45) is 8.14. The molecule has 1 aliphatic heterocycles. The Hall–Kier alpha value is -2.58. The number of hydrogen-bond acceptors (Lipinski definition) is 5. The van der Waals surface area contributed by atoms with Crippen LogP contribution in [0, 0.1) is 0 Å². The lowest BCUT2D eigenvalue weighted by Gasteiger charge is -2.17. The number of imide groups is 1. The molecule has 1 aromatic carbocycles. The van der Waals surface area contributed by atoms with Crippen LogP contribution in [0.4, 0.5) is 0 Å². The van der Waals surface area contributed by atoms with Crippen molar-refractivity contribution < 1.29 is 18.0 Å². The lowest BCUT2D eigenvalue weighted by Crippen LogP contribution is -2.34. The maximum atomic E-state index is 12.7. The minimum absolute atomic E-state index is 0.000361. The lowest BCUT2D eigenvalue weighted by molar-refractivity contribution is 0.0654. The predicted octanol–water partition coefficient (Wildman–Crippen LogP) is 2.92. The van der Waals surface area contributed by atoms with Crippen LogP contribution in [0.1, 0.15) is 64.9 Å². The molecule has 0 saturated heterocycles. The summed E-state index contributed by atoms with van der Waals surface area (Å²) in [5.74, 6) is -0.725. The first-order valence-corrected chi connectivity index (χ1v) is 11.9. The highest BCUT2D eigenvalue weighted by atomic mass is 32.2. The van der Waals surface area contributed by atoms with Gasteiger partial charge in [0.15, 0.2) is 0 Å². The SMILES string of the molecule is O=C1c2cccnc2C(=O)N1CCc1ccc(S(=O)(=O)NC2CCCCCC2)cc1. The number of amides is 2. The summed E-state index contributed by atoms with van der Waals surface area (Å²) in [5, 5.41) is 0. The Labute approximate surface area is 176 Å². The van der Waals surface area contributed by atoms with Gasteiger partial charge in [-0.25, -0.2) is 13.1 Å². The van der Waals surface area contributed by atoms with Crippen LogP contribution in [-0.2, 0) is 16.4 Å². The van der Waals surface area contributed by atoms with E-state index in [-0.39, 0.29) is 35.0 Å². The largest absolute Gasteiger partial charge is 0.280 e. The van der Waals surface area contributed by atoms with E-state index in [4.69, 9.17) is 0 Å². The standard InChI is InChI=1S/C22H25N3O4S/c26-21-19-8-5-14-23-20(19)22(27)25(21)15-13-16-9-11-18(12-10-16)30(28,29)24-17-6-3-1-2-4-7-17/h5,8-12,14,17,24H,1-4,6-7,13,15H2. The van der Waals surface area contributed by atoms with Gasteiger partial charge in [0.2, 0.25) is 10.0 Å². The van der Waals surface area contributed by atoms with E-state index in [1.54, 1.807) is 36.4 Å². The zero-order valence-corrected chi connectivity index (χ0v) is 17.5. The van der Waals surface area contributed by atoms with E-state index in [2.05, 4.69) is 9.71 Å². The Kier molecular flexibility index (Phi) is 5.97. The molecule has 30 heavy (non-hydrogen) atoms. The number of sulfonamides is 1. The number of aromatic nitrogens is 1. The Morgan fingerprint density at radius 1 is 0.967 bits per heavy atom. The van der Waals surface area contributed by atoms with Gasteiger partial charge in [-0.1, -0.05) is 37.8 Å². The molecule has 1 fully saturated rings. The Morgan fingerprint density at radius 3 is 2.33 bits per heavy atom. The molecule has 2 heterocycles. The number of rotatable bonds is 6. The fraction of sp³-hybridized carbons (Fsp3) is 0.409. The quantitative estimate of drug-likeness (QED) is 0.565. The van der Waals surface area contributed by atoms with E-state index in [1.165, 1.54) is 11.1 Å². The van der Waals surface area contributed by atoms with Gasteiger partial charge in [-0.3, -0.25) is 19.5 Å². The highest BCUT2D eigenvalue weighted by Gasteiger charge is 2.36. The molecule has 1 N–H and O–H groups in total. The number of pyridine rings is 1. The van der Waals surface area contributed by atoms with Crippen molar-refractivity contribution in [2.24, 2.45) is 0 Å². The van der Waals surface area contributed by atoms with E-state index in [0.717, 1.165) is 44.1 Å². The Balaban J connectivity index is 1.38. The number of hydrogen-bond donors (Lipinski definition) is 1. The molecule has 0 radical (unpaired) electrons. The summed E-state index contributed by atoms with van der Waals surface area (Å²) < 4.78 is 28.2. The topological polar surface area (TPSA) is 96.4 Å². The van der Waals surface area contributed by atoms with Gasteiger partial charge >= 0.3 is 0 Å². The Morgan fingerprint density at radius 2 is 1.67 bits per heavy atom. The molecule has 1 saturated carbocycles. The fourth-order valence-corrected chi connectivity index (χ4v) is 5.38. The van der Waals surface area contributed by atoms with E-state index < -0.39 is 10.0 Å². The van der Waals surface area contributed by atoms with E-state index in [9.17, 15) is 18.0 Å². The van der Waals surface area contributed by atoms with Gasteiger partial charge in [-0.2, -0.15) is 0 Å².